The molecule has 0 bridgehead atoms. The van der Waals surface area contributed by atoms with Gasteiger partial charge < -0.3 is 5.11 Å². The predicted molar refractivity (Wildman–Crippen MR) is 58.8 cm³/mol. The van der Waals surface area contributed by atoms with E-state index in [0.717, 1.165) is 18.8 Å². The van der Waals surface area contributed by atoms with Crippen molar-refractivity contribution in [1.29, 1.82) is 0 Å². The van der Waals surface area contributed by atoms with Crippen molar-refractivity contribution in [1.82, 2.24) is 0 Å². The quantitative estimate of drug-likeness (QED) is 0.644. The van der Waals surface area contributed by atoms with Gasteiger partial charge in [-0.3, -0.25) is 0 Å². The maximum absolute atomic E-state index is 8.79. The van der Waals surface area contributed by atoms with Crippen LogP contribution in [-0.2, 0) is 0 Å². The minimum Gasteiger partial charge on any atom is -0.396 e. The molecule has 0 aliphatic carbocycles. The fourth-order valence-electron chi connectivity index (χ4n) is 1.68. The fraction of sp³-hybridized carbons (Fsp3) is 1.00. The summed E-state index contributed by atoms with van der Waals surface area (Å²) in [6, 6.07) is 0. The zero-order chi connectivity index (χ0) is 10.3. The second kappa shape index (κ2) is 6.42. The molecule has 0 aromatic carbocycles. The van der Waals surface area contributed by atoms with Crippen LogP contribution in [0.15, 0.2) is 0 Å². The summed E-state index contributed by atoms with van der Waals surface area (Å²) in [5, 5.41) is 8.79. The van der Waals surface area contributed by atoms with Crippen molar-refractivity contribution in [3.05, 3.63) is 0 Å². The van der Waals surface area contributed by atoms with E-state index >= 15 is 0 Å². The summed E-state index contributed by atoms with van der Waals surface area (Å²) in [6.45, 7) is 9.57. The van der Waals surface area contributed by atoms with Gasteiger partial charge in [0, 0.05) is 6.61 Å². The van der Waals surface area contributed by atoms with E-state index in [4.69, 9.17) is 5.11 Å². The average Bonchev–Trinajstić information content (AvgIpc) is 2.10. The van der Waals surface area contributed by atoms with Crippen LogP contribution in [0.2, 0.25) is 0 Å². The minimum atomic E-state index is 0.337. The smallest absolute Gasteiger partial charge is 0.0431 e. The molecule has 0 saturated heterocycles. The lowest BCUT2D eigenvalue weighted by Crippen LogP contribution is -2.22. The molecule has 1 N–H and O–H groups in total. The Bertz CT molecular complexity index is 118. The zero-order valence-corrected chi connectivity index (χ0v) is 9.77. The second-order valence-corrected chi connectivity index (χ2v) is 4.86. The SMILES string of the molecule is CCCCC(C)C(C)(C)CCCO. The molecule has 0 aliphatic rings. The van der Waals surface area contributed by atoms with Crippen molar-refractivity contribution in [3.8, 4) is 0 Å². The fourth-order valence-corrected chi connectivity index (χ4v) is 1.68. The molecule has 1 unspecified atom stereocenters. The van der Waals surface area contributed by atoms with Gasteiger partial charge in [0.2, 0.25) is 0 Å². The van der Waals surface area contributed by atoms with Crippen molar-refractivity contribution < 1.29 is 5.11 Å². The van der Waals surface area contributed by atoms with Gasteiger partial charge in [0.25, 0.3) is 0 Å². The van der Waals surface area contributed by atoms with E-state index in [2.05, 4.69) is 27.7 Å². The normalized spacial score (nSPS) is 14.5. The molecular weight excluding hydrogens is 160 g/mol. The highest BCUT2D eigenvalue weighted by molar-refractivity contribution is 4.75. The number of aliphatic hydroxyl groups excluding tert-OH is 1. The summed E-state index contributed by atoms with van der Waals surface area (Å²) in [6.07, 6.45) is 6.05. The molecule has 0 aromatic heterocycles. The van der Waals surface area contributed by atoms with Crippen molar-refractivity contribution >= 4 is 0 Å². The number of hydrogen-bond acceptors (Lipinski definition) is 1. The Balaban J connectivity index is 3.80. The van der Waals surface area contributed by atoms with Crippen LogP contribution >= 0.6 is 0 Å². The monoisotopic (exact) mass is 186 g/mol. The van der Waals surface area contributed by atoms with Gasteiger partial charge in [-0.15, -0.1) is 0 Å². The molecule has 0 amide bonds. The number of unbranched alkanes of at least 4 members (excludes halogenated alkanes) is 1. The first-order valence-electron chi connectivity index (χ1n) is 5.65. The highest BCUT2D eigenvalue weighted by Gasteiger charge is 2.24. The first-order chi connectivity index (χ1) is 6.04. The first-order valence-corrected chi connectivity index (χ1v) is 5.65. The van der Waals surface area contributed by atoms with Crippen molar-refractivity contribution in [3.63, 3.8) is 0 Å². The number of rotatable bonds is 7. The van der Waals surface area contributed by atoms with Crippen LogP contribution in [0.5, 0.6) is 0 Å². The van der Waals surface area contributed by atoms with E-state index in [0.29, 0.717) is 12.0 Å². The average molecular weight is 186 g/mol. The maximum atomic E-state index is 8.79. The molecule has 1 nitrogen and oxygen atoms in total. The van der Waals surface area contributed by atoms with Crippen LogP contribution < -0.4 is 0 Å². The Labute approximate surface area is 83.5 Å². The summed E-state index contributed by atoms with van der Waals surface area (Å²) in [5.74, 6) is 0.777. The van der Waals surface area contributed by atoms with Gasteiger partial charge in [-0.05, 0) is 24.2 Å². The highest BCUT2D eigenvalue weighted by atomic mass is 16.2. The zero-order valence-electron chi connectivity index (χ0n) is 9.77. The maximum Gasteiger partial charge on any atom is 0.0431 e. The topological polar surface area (TPSA) is 20.2 Å². The van der Waals surface area contributed by atoms with E-state index in [1.165, 1.54) is 19.3 Å². The lowest BCUT2D eigenvalue weighted by atomic mass is 9.74. The molecule has 0 spiro atoms. The van der Waals surface area contributed by atoms with Crippen LogP contribution in [0.4, 0.5) is 0 Å². The number of hydrogen-bond donors (Lipinski definition) is 1. The van der Waals surface area contributed by atoms with Gasteiger partial charge in [0.05, 0.1) is 0 Å². The molecule has 0 radical (unpaired) electrons. The Morgan fingerprint density at radius 3 is 2.31 bits per heavy atom. The van der Waals surface area contributed by atoms with E-state index < -0.39 is 0 Å². The molecule has 0 aromatic rings. The number of aliphatic hydroxyl groups is 1. The third-order valence-corrected chi connectivity index (χ3v) is 3.30. The molecular formula is C12H26O. The molecule has 0 rings (SSSR count). The summed E-state index contributed by atoms with van der Waals surface area (Å²) < 4.78 is 0. The van der Waals surface area contributed by atoms with E-state index in [1.807, 2.05) is 0 Å². The Morgan fingerprint density at radius 2 is 1.85 bits per heavy atom. The van der Waals surface area contributed by atoms with E-state index in [1.54, 1.807) is 0 Å². The lowest BCUT2D eigenvalue weighted by molar-refractivity contribution is 0.171. The minimum absolute atomic E-state index is 0.337. The molecule has 1 atom stereocenters. The molecule has 0 fully saturated rings. The second-order valence-electron chi connectivity index (χ2n) is 4.86. The van der Waals surface area contributed by atoms with Crippen molar-refractivity contribution in [2.24, 2.45) is 11.3 Å². The summed E-state index contributed by atoms with van der Waals surface area (Å²) in [4.78, 5) is 0. The Hall–Kier alpha value is -0.0400. The third-order valence-electron chi connectivity index (χ3n) is 3.30. The van der Waals surface area contributed by atoms with Crippen LogP contribution in [0, 0.1) is 11.3 Å². The molecule has 0 aliphatic heterocycles. The van der Waals surface area contributed by atoms with Gasteiger partial charge in [-0.1, -0.05) is 47.0 Å². The lowest BCUT2D eigenvalue weighted by Gasteiger charge is -2.31. The third kappa shape index (κ3) is 5.30. The van der Waals surface area contributed by atoms with Crippen molar-refractivity contribution in [2.45, 2.75) is 59.8 Å². The van der Waals surface area contributed by atoms with Gasteiger partial charge in [0.1, 0.15) is 0 Å². The molecule has 1 heteroatoms. The van der Waals surface area contributed by atoms with Gasteiger partial charge in [0.15, 0.2) is 0 Å². The summed E-state index contributed by atoms with van der Waals surface area (Å²) in [5.41, 5.74) is 0.401. The van der Waals surface area contributed by atoms with Crippen LogP contribution in [0.3, 0.4) is 0 Å². The largest absolute Gasteiger partial charge is 0.396 e. The standard InChI is InChI=1S/C12H26O/c1-5-6-8-11(2)12(3,4)9-7-10-13/h11,13H,5-10H2,1-4H3. The Morgan fingerprint density at radius 1 is 1.23 bits per heavy atom. The van der Waals surface area contributed by atoms with Gasteiger partial charge >= 0.3 is 0 Å². The summed E-state index contributed by atoms with van der Waals surface area (Å²) >= 11 is 0. The van der Waals surface area contributed by atoms with Gasteiger partial charge in [-0.25, -0.2) is 0 Å². The predicted octanol–water partition coefficient (Wildman–Crippen LogP) is 3.61. The van der Waals surface area contributed by atoms with Crippen LogP contribution in [0.25, 0.3) is 0 Å². The summed E-state index contributed by atoms with van der Waals surface area (Å²) in [7, 11) is 0. The molecule has 0 saturated carbocycles. The van der Waals surface area contributed by atoms with Crippen LogP contribution in [-0.4, -0.2) is 11.7 Å². The van der Waals surface area contributed by atoms with Crippen molar-refractivity contribution in [2.75, 3.05) is 6.61 Å². The van der Waals surface area contributed by atoms with Crippen LogP contribution in [0.1, 0.15) is 59.8 Å². The molecule has 0 heterocycles. The first kappa shape index (κ1) is 13.0. The van der Waals surface area contributed by atoms with Gasteiger partial charge in [-0.2, -0.15) is 0 Å². The van der Waals surface area contributed by atoms with E-state index in [9.17, 15) is 0 Å². The van der Waals surface area contributed by atoms with E-state index in [-0.39, 0.29) is 0 Å². The Kier molecular flexibility index (Phi) is 6.40. The highest BCUT2D eigenvalue weighted by Crippen LogP contribution is 2.34. The molecule has 80 valence electrons. The molecule has 13 heavy (non-hydrogen) atoms.